The summed E-state index contributed by atoms with van der Waals surface area (Å²) in [7, 11) is 0. The molecule has 0 amide bonds. The van der Waals surface area contributed by atoms with E-state index in [1.165, 1.54) is 17.7 Å². The van der Waals surface area contributed by atoms with Crippen molar-refractivity contribution in [3.63, 3.8) is 0 Å². The summed E-state index contributed by atoms with van der Waals surface area (Å²) < 4.78 is 15.6. The molecule has 1 unspecified atom stereocenters. The molecule has 3 aromatic carbocycles. The highest BCUT2D eigenvalue weighted by Gasteiger charge is 2.33. The zero-order chi connectivity index (χ0) is 28.4. The van der Waals surface area contributed by atoms with Gasteiger partial charge in [0.05, 0.1) is 5.54 Å². The Labute approximate surface area is 233 Å². The van der Waals surface area contributed by atoms with E-state index in [-0.39, 0.29) is 11.4 Å². The van der Waals surface area contributed by atoms with Gasteiger partial charge in [-0.3, -0.25) is 9.69 Å². The number of tetrazole rings is 1. The minimum absolute atomic E-state index is 0.187. The van der Waals surface area contributed by atoms with E-state index in [4.69, 9.17) is 0 Å². The number of benzene rings is 3. The lowest BCUT2D eigenvalue weighted by molar-refractivity contribution is 0.195. The number of hydrogen-bond donors (Lipinski definition) is 1. The molecule has 1 N–H and O–H groups in total. The molecule has 7 nitrogen and oxygen atoms in total. The van der Waals surface area contributed by atoms with Crippen LogP contribution in [0.1, 0.15) is 60.5 Å². The second kappa shape index (κ2) is 11.1. The van der Waals surface area contributed by atoms with E-state index in [0.29, 0.717) is 24.5 Å². The predicted molar refractivity (Wildman–Crippen MR) is 156 cm³/mol. The molecule has 0 radical (unpaired) electrons. The molecule has 0 fully saturated rings. The number of aromatic amines is 1. The van der Waals surface area contributed by atoms with Crippen LogP contribution in [0.4, 0.5) is 4.39 Å². The maximum Gasteiger partial charge on any atom is 0.253 e. The number of fused-ring (bicyclic) bond motifs is 1. The zero-order valence-electron chi connectivity index (χ0n) is 23.6. The van der Waals surface area contributed by atoms with E-state index in [1.54, 1.807) is 16.8 Å². The molecule has 8 heteroatoms. The van der Waals surface area contributed by atoms with E-state index in [0.717, 1.165) is 34.0 Å². The van der Waals surface area contributed by atoms with Gasteiger partial charge in [0.15, 0.2) is 5.82 Å². The molecule has 2 aromatic heterocycles. The minimum atomic E-state index is -0.558. The topological polar surface area (TPSA) is 79.7 Å². The zero-order valence-corrected chi connectivity index (χ0v) is 23.6. The van der Waals surface area contributed by atoms with Crippen molar-refractivity contribution < 1.29 is 4.39 Å². The van der Waals surface area contributed by atoms with E-state index in [9.17, 15) is 9.18 Å². The second-order valence-electron chi connectivity index (χ2n) is 11.4. The Morgan fingerprint density at radius 3 is 2.35 bits per heavy atom. The molecule has 2 heterocycles. The van der Waals surface area contributed by atoms with Gasteiger partial charge >= 0.3 is 0 Å². The van der Waals surface area contributed by atoms with Crippen LogP contribution in [0, 0.1) is 19.7 Å². The van der Waals surface area contributed by atoms with Crippen LogP contribution in [0.2, 0.25) is 0 Å². The first-order valence-corrected chi connectivity index (χ1v) is 13.6. The summed E-state index contributed by atoms with van der Waals surface area (Å²) >= 11 is 0. The van der Waals surface area contributed by atoms with Crippen LogP contribution in [0.5, 0.6) is 0 Å². The van der Waals surface area contributed by atoms with Crippen LogP contribution in [-0.2, 0) is 18.5 Å². The van der Waals surface area contributed by atoms with Gasteiger partial charge in [-0.1, -0.05) is 42.5 Å². The highest BCUT2D eigenvalue weighted by atomic mass is 19.1. The van der Waals surface area contributed by atoms with Crippen molar-refractivity contribution in [2.24, 2.45) is 0 Å². The second-order valence-corrected chi connectivity index (χ2v) is 11.4. The number of aromatic nitrogens is 5. The van der Waals surface area contributed by atoms with Crippen LogP contribution in [-0.4, -0.2) is 36.6 Å². The molecule has 1 atom stereocenters. The number of hydrogen-bond acceptors (Lipinski definition) is 5. The average molecular weight is 539 g/mol. The molecule has 0 saturated carbocycles. The molecule has 0 spiro atoms. The monoisotopic (exact) mass is 538 g/mol. The van der Waals surface area contributed by atoms with Crippen LogP contribution >= 0.6 is 0 Å². The minimum Gasteiger partial charge on any atom is -0.322 e. The molecule has 0 aliphatic carbocycles. The van der Waals surface area contributed by atoms with Gasteiger partial charge in [-0.2, -0.15) is 0 Å². The Hall–Kier alpha value is -4.17. The Bertz CT molecular complexity index is 1670. The van der Waals surface area contributed by atoms with Crippen molar-refractivity contribution in [2.75, 3.05) is 6.54 Å². The van der Waals surface area contributed by atoms with Gasteiger partial charge in [-0.05, 0) is 109 Å². The average Bonchev–Trinajstić information content (AvgIpc) is 3.41. The Balaban J connectivity index is 1.69. The van der Waals surface area contributed by atoms with Crippen molar-refractivity contribution in [3.05, 3.63) is 123 Å². The van der Waals surface area contributed by atoms with Crippen molar-refractivity contribution >= 4 is 10.9 Å². The summed E-state index contributed by atoms with van der Waals surface area (Å²) in [6.07, 6.45) is 0.749. The Kier molecular flexibility index (Phi) is 7.63. The molecular formula is C32H35FN6O. The van der Waals surface area contributed by atoms with Crippen molar-refractivity contribution in [3.8, 4) is 0 Å². The highest BCUT2D eigenvalue weighted by molar-refractivity contribution is 5.81. The van der Waals surface area contributed by atoms with Crippen molar-refractivity contribution in [1.82, 2.24) is 30.1 Å². The third-order valence-electron chi connectivity index (χ3n) is 7.35. The van der Waals surface area contributed by atoms with Crippen molar-refractivity contribution in [1.29, 1.82) is 0 Å². The number of halogens is 1. The first-order chi connectivity index (χ1) is 19.1. The molecule has 206 valence electrons. The van der Waals surface area contributed by atoms with Gasteiger partial charge in [-0.25, -0.2) is 9.07 Å². The summed E-state index contributed by atoms with van der Waals surface area (Å²) in [5.74, 6) is 0.292. The molecule has 5 rings (SSSR count). The number of nitrogens with zero attached hydrogens (tertiary/aromatic N) is 5. The molecular weight excluding hydrogens is 503 g/mol. The quantitative estimate of drug-likeness (QED) is 0.268. The fourth-order valence-corrected chi connectivity index (χ4v) is 5.08. The van der Waals surface area contributed by atoms with Gasteiger partial charge in [0.25, 0.3) is 5.56 Å². The van der Waals surface area contributed by atoms with E-state index in [1.807, 2.05) is 58.0 Å². The van der Waals surface area contributed by atoms with Crippen LogP contribution < -0.4 is 5.56 Å². The molecule has 0 aliphatic heterocycles. The Morgan fingerprint density at radius 1 is 0.950 bits per heavy atom. The van der Waals surface area contributed by atoms with Crippen LogP contribution in [0.25, 0.3) is 10.9 Å². The summed E-state index contributed by atoms with van der Waals surface area (Å²) in [6, 6.07) is 22.2. The Morgan fingerprint density at radius 2 is 1.65 bits per heavy atom. The number of nitrogens with one attached hydrogen (secondary N) is 1. The maximum absolute atomic E-state index is 13.8. The number of H-pyrrole nitrogens is 1. The SMILES string of the molecule is Cc1cc2cc(C(c3nnnn3C(C)(C)C)N(CCc3ccccc3)Cc3ccc(F)cc3)c(=O)[nH]c2cc1C. The number of pyridine rings is 1. The van der Waals surface area contributed by atoms with Gasteiger partial charge in [0.1, 0.15) is 11.9 Å². The standard InChI is InChI=1S/C32H35FN6O/c1-21-17-25-19-27(31(40)34-28(25)18-22(21)2)29(30-35-36-37-39(30)32(3,4)5)38(16-15-23-9-7-6-8-10-23)20-24-11-13-26(33)14-12-24/h6-14,17-19,29H,15-16,20H2,1-5H3,(H,34,40). The smallest absolute Gasteiger partial charge is 0.253 e. The largest absolute Gasteiger partial charge is 0.322 e. The highest BCUT2D eigenvalue weighted by Crippen LogP contribution is 2.31. The summed E-state index contributed by atoms with van der Waals surface area (Å²) in [6.45, 7) is 11.3. The van der Waals surface area contributed by atoms with Crippen LogP contribution in [0.15, 0.2) is 77.6 Å². The summed E-state index contributed by atoms with van der Waals surface area (Å²) in [4.78, 5) is 19.1. The van der Waals surface area contributed by atoms with Gasteiger partial charge in [-0.15, -0.1) is 5.10 Å². The molecule has 0 saturated heterocycles. The maximum atomic E-state index is 13.8. The number of aryl methyl sites for hydroxylation is 2. The van der Waals surface area contributed by atoms with Crippen LogP contribution in [0.3, 0.4) is 0 Å². The molecule has 5 aromatic rings. The first kappa shape index (κ1) is 27.4. The normalized spacial score (nSPS) is 12.8. The molecule has 0 bridgehead atoms. The van der Waals surface area contributed by atoms with E-state index < -0.39 is 11.6 Å². The summed E-state index contributed by atoms with van der Waals surface area (Å²) in [5.41, 5.74) is 5.12. The lowest BCUT2D eigenvalue weighted by Crippen LogP contribution is -2.38. The third kappa shape index (κ3) is 5.87. The lowest BCUT2D eigenvalue weighted by Gasteiger charge is -2.33. The molecule has 40 heavy (non-hydrogen) atoms. The third-order valence-corrected chi connectivity index (χ3v) is 7.35. The summed E-state index contributed by atoms with van der Waals surface area (Å²) in [5, 5.41) is 13.8. The van der Waals surface area contributed by atoms with Gasteiger partial charge < -0.3 is 4.98 Å². The van der Waals surface area contributed by atoms with Gasteiger partial charge in [0.2, 0.25) is 0 Å². The fourth-order valence-electron chi connectivity index (χ4n) is 5.08. The predicted octanol–water partition coefficient (Wildman–Crippen LogP) is 5.86. The van der Waals surface area contributed by atoms with E-state index in [2.05, 4.69) is 50.5 Å². The lowest BCUT2D eigenvalue weighted by atomic mass is 9.99. The van der Waals surface area contributed by atoms with Gasteiger partial charge in [0, 0.05) is 24.2 Å². The fraction of sp³-hybridized carbons (Fsp3) is 0.312. The number of rotatable bonds is 8. The van der Waals surface area contributed by atoms with E-state index >= 15 is 0 Å². The molecule has 0 aliphatic rings. The van der Waals surface area contributed by atoms with Crippen molar-refractivity contribution in [2.45, 2.75) is 59.2 Å². The first-order valence-electron chi connectivity index (χ1n) is 13.6.